The van der Waals surface area contributed by atoms with Crippen molar-refractivity contribution in [3.63, 3.8) is 0 Å². The maximum Gasteiger partial charge on any atom is 0.471 e. The fourth-order valence-electron chi connectivity index (χ4n) is 5.01. The molecule has 2 saturated heterocycles. The molecule has 13 heteroatoms. The minimum absolute atomic E-state index is 0.0252. The van der Waals surface area contributed by atoms with Crippen LogP contribution in [0, 0.1) is 0 Å². The minimum Gasteiger partial charge on any atom is -0.458 e. The number of piperidine rings is 2. The van der Waals surface area contributed by atoms with Gasteiger partial charge in [0.2, 0.25) is 0 Å². The molecular formula is C33H45F3N4O6. The van der Waals surface area contributed by atoms with E-state index >= 15 is 0 Å². The van der Waals surface area contributed by atoms with Gasteiger partial charge >= 0.3 is 18.1 Å². The second-order valence-electron chi connectivity index (χ2n) is 12.4. The molecule has 0 aromatic heterocycles. The molecule has 3 N–H and O–H groups in total. The quantitative estimate of drug-likeness (QED) is 0.254. The van der Waals surface area contributed by atoms with Crippen LogP contribution in [0.3, 0.4) is 0 Å². The van der Waals surface area contributed by atoms with E-state index in [1.54, 1.807) is 27.7 Å². The lowest BCUT2D eigenvalue weighted by Gasteiger charge is -2.39. The number of amides is 1. The lowest BCUT2D eigenvalue weighted by atomic mass is 9.98. The Labute approximate surface area is 268 Å². The molecule has 0 aliphatic carbocycles. The fraction of sp³-hybridized carbons (Fsp3) is 0.545. The number of hydrogen-bond acceptors (Lipinski definition) is 9. The lowest BCUT2D eigenvalue weighted by Crippen LogP contribution is -2.59. The van der Waals surface area contributed by atoms with Gasteiger partial charge in [0.05, 0.1) is 19.3 Å². The third-order valence-corrected chi connectivity index (χ3v) is 7.33. The number of halogens is 3. The van der Waals surface area contributed by atoms with Crippen LogP contribution in [0.1, 0.15) is 64.5 Å². The van der Waals surface area contributed by atoms with E-state index in [1.165, 1.54) is 0 Å². The van der Waals surface area contributed by atoms with Crippen LogP contribution in [0.25, 0.3) is 0 Å². The molecule has 0 spiro atoms. The number of hydrogen-bond donors (Lipinski definition) is 3. The number of ether oxygens (including phenoxy) is 1. The van der Waals surface area contributed by atoms with Gasteiger partial charge in [-0.3, -0.25) is 19.3 Å². The van der Waals surface area contributed by atoms with Crippen molar-refractivity contribution in [2.75, 3.05) is 13.1 Å². The summed E-state index contributed by atoms with van der Waals surface area (Å²) in [6.07, 6.45) is -2.83. The van der Waals surface area contributed by atoms with Gasteiger partial charge in [0.1, 0.15) is 17.4 Å². The number of alkyl halides is 3. The molecule has 46 heavy (non-hydrogen) atoms. The SMILES string of the molecule is CC(=O)[C@@H]1CC[C@@H](NOCc2ccccc2)CN1.CC(C)(C)OC(=O)[C@@H]1CC[C@@H](NOCc2ccccc2)CN1C(=O)C(F)(F)F. The van der Waals surface area contributed by atoms with Crippen LogP contribution in [0.15, 0.2) is 60.7 Å². The molecule has 254 valence electrons. The Balaban J connectivity index is 0.000000275. The van der Waals surface area contributed by atoms with E-state index in [2.05, 4.69) is 16.3 Å². The molecule has 0 unspecified atom stereocenters. The molecule has 2 aromatic carbocycles. The first kappa shape index (κ1) is 37.1. The lowest BCUT2D eigenvalue weighted by molar-refractivity contribution is -0.195. The molecule has 0 radical (unpaired) electrons. The van der Waals surface area contributed by atoms with E-state index < -0.39 is 35.7 Å². The first-order valence-electron chi connectivity index (χ1n) is 15.4. The van der Waals surface area contributed by atoms with Gasteiger partial charge in [0.25, 0.3) is 0 Å². The summed E-state index contributed by atoms with van der Waals surface area (Å²) in [5.41, 5.74) is 6.93. The van der Waals surface area contributed by atoms with Crippen LogP contribution in [-0.4, -0.2) is 71.6 Å². The van der Waals surface area contributed by atoms with Crippen LogP contribution in [0.2, 0.25) is 0 Å². The van der Waals surface area contributed by atoms with E-state index in [-0.39, 0.29) is 37.4 Å². The normalized spacial score (nSPS) is 21.9. The van der Waals surface area contributed by atoms with Gasteiger partial charge in [-0.05, 0) is 64.5 Å². The first-order chi connectivity index (χ1) is 21.7. The highest BCUT2D eigenvalue weighted by atomic mass is 19.4. The van der Waals surface area contributed by atoms with Crippen LogP contribution >= 0.6 is 0 Å². The third-order valence-electron chi connectivity index (χ3n) is 7.33. The average Bonchev–Trinajstić information content (AvgIpc) is 3.01. The van der Waals surface area contributed by atoms with E-state index in [9.17, 15) is 27.6 Å². The molecule has 2 heterocycles. The van der Waals surface area contributed by atoms with Gasteiger partial charge in [-0.25, -0.2) is 4.79 Å². The van der Waals surface area contributed by atoms with Crippen molar-refractivity contribution in [3.8, 4) is 0 Å². The molecule has 2 aromatic rings. The molecule has 4 rings (SSSR count). The Kier molecular flexibility index (Phi) is 14.1. The predicted molar refractivity (Wildman–Crippen MR) is 165 cm³/mol. The highest BCUT2D eigenvalue weighted by Gasteiger charge is 2.49. The van der Waals surface area contributed by atoms with E-state index in [0.717, 1.165) is 30.5 Å². The van der Waals surface area contributed by atoms with Gasteiger partial charge in [-0.15, -0.1) is 0 Å². The fourth-order valence-corrected chi connectivity index (χ4v) is 5.01. The number of Topliss-reactive ketones (excluding diaryl/α,β-unsaturated/α-hetero) is 1. The summed E-state index contributed by atoms with van der Waals surface area (Å²) < 4.78 is 44.2. The zero-order chi connectivity index (χ0) is 33.7. The minimum atomic E-state index is -5.08. The number of carbonyl (C=O) groups excluding carboxylic acids is 3. The number of hydroxylamine groups is 2. The van der Waals surface area contributed by atoms with Gasteiger partial charge in [-0.2, -0.15) is 24.1 Å². The predicted octanol–water partition coefficient (Wildman–Crippen LogP) is 4.39. The number of likely N-dealkylation sites (tertiary alicyclic amines) is 1. The van der Waals surface area contributed by atoms with Crippen LogP contribution < -0.4 is 16.3 Å². The van der Waals surface area contributed by atoms with Gasteiger partial charge in [0.15, 0.2) is 0 Å². The molecule has 2 aliphatic rings. The Bertz CT molecular complexity index is 1240. The molecule has 0 bridgehead atoms. The number of benzene rings is 2. The number of carbonyl (C=O) groups is 3. The maximum absolute atomic E-state index is 13.0. The Morgan fingerprint density at radius 2 is 1.35 bits per heavy atom. The van der Waals surface area contributed by atoms with Crippen LogP contribution in [0.5, 0.6) is 0 Å². The zero-order valence-electron chi connectivity index (χ0n) is 26.8. The zero-order valence-corrected chi connectivity index (χ0v) is 26.8. The topological polar surface area (TPSA) is 118 Å². The van der Waals surface area contributed by atoms with E-state index in [4.69, 9.17) is 14.4 Å². The summed E-state index contributed by atoms with van der Waals surface area (Å²) in [7, 11) is 0. The number of ketones is 1. The Morgan fingerprint density at radius 1 is 0.826 bits per heavy atom. The van der Waals surface area contributed by atoms with Crippen LogP contribution in [0.4, 0.5) is 13.2 Å². The maximum atomic E-state index is 13.0. The summed E-state index contributed by atoms with van der Waals surface area (Å²) in [5.74, 6) is -2.68. The van der Waals surface area contributed by atoms with Gasteiger partial charge < -0.3 is 15.0 Å². The summed E-state index contributed by atoms with van der Waals surface area (Å²) in [4.78, 5) is 46.8. The van der Waals surface area contributed by atoms with Gasteiger partial charge in [0, 0.05) is 25.2 Å². The van der Waals surface area contributed by atoms with E-state index in [0.29, 0.717) is 17.9 Å². The van der Waals surface area contributed by atoms with Crippen molar-refractivity contribution in [1.29, 1.82) is 0 Å². The van der Waals surface area contributed by atoms with Crippen molar-refractivity contribution >= 4 is 17.7 Å². The number of rotatable bonds is 10. The van der Waals surface area contributed by atoms with Crippen molar-refractivity contribution in [2.24, 2.45) is 0 Å². The van der Waals surface area contributed by atoms with E-state index in [1.807, 2.05) is 60.7 Å². The summed E-state index contributed by atoms with van der Waals surface area (Å²) in [6, 6.07) is 17.8. The van der Waals surface area contributed by atoms with Crippen molar-refractivity contribution in [3.05, 3.63) is 71.8 Å². The summed E-state index contributed by atoms with van der Waals surface area (Å²) in [5, 5.41) is 3.23. The molecule has 0 saturated carbocycles. The van der Waals surface area contributed by atoms with Gasteiger partial charge in [-0.1, -0.05) is 60.7 Å². The summed E-state index contributed by atoms with van der Waals surface area (Å²) in [6.45, 7) is 7.74. The monoisotopic (exact) mass is 650 g/mol. The Hall–Kier alpha value is -3.36. The smallest absolute Gasteiger partial charge is 0.458 e. The molecule has 2 fully saturated rings. The molecule has 1 amide bonds. The first-order valence-corrected chi connectivity index (χ1v) is 15.4. The number of nitrogens with one attached hydrogen (secondary N) is 3. The summed E-state index contributed by atoms with van der Waals surface area (Å²) >= 11 is 0. The third kappa shape index (κ3) is 12.8. The molecule has 4 atom stereocenters. The second-order valence-corrected chi connectivity index (χ2v) is 12.4. The Morgan fingerprint density at radius 3 is 1.80 bits per heavy atom. The largest absolute Gasteiger partial charge is 0.471 e. The highest BCUT2D eigenvalue weighted by molar-refractivity contribution is 5.88. The van der Waals surface area contributed by atoms with Crippen molar-refractivity contribution in [2.45, 2.75) is 103 Å². The molecule has 10 nitrogen and oxygen atoms in total. The van der Waals surface area contributed by atoms with Crippen molar-refractivity contribution in [1.82, 2.24) is 21.2 Å². The number of esters is 1. The molecular weight excluding hydrogens is 605 g/mol. The number of nitrogens with zero attached hydrogens (tertiary/aromatic N) is 1. The van der Waals surface area contributed by atoms with Crippen LogP contribution in [-0.2, 0) is 42.0 Å². The second kappa shape index (κ2) is 17.5. The standard InChI is InChI=1S/C19H25F3N2O4.C14H20N2O2/c1-18(2,3)28-16(25)15-10-9-14(11-24(15)17(26)19(20,21)22)23-27-12-13-7-5-4-6-8-13;1-11(17)14-8-7-13(9-15-14)16-18-10-12-5-3-2-4-6-12/h4-8,14-15,23H,9-12H2,1-3H3;2-6,13-16H,7-10H2,1H3/t14-,15+;13-,14+/m11/s1. The highest BCUT2D eigenvalue weighted by Crippen LogP contribution is 2.27. The molecule has 2 aliphatic heterocycles. The average molecular weight is 651 g/mol. The van der Waals surface area contributed by atoms with Crippen molar-refractivity contribution < 1.29 is 42.0 Å².